The Bertz CT molecular complexity index is 764. The number of carbonyl (C=O) groups excluding carboxylic acids is 2. The SMILES string of the molecule is CC1=C(C(=O)Nc2ccc(Cl)cc2)C2=NN=C(N)C2C(=O)N1. The van der Waals surface area contributed by atoms with Crippen LogP contribution in [0.3, 0.4) is 0 Å². The molecule has 0 aliphatic carbocycles. The molecule has 2 heterocycles. The van der Waals surface area contributed by atoms with Crippen molar-refractivity contribution in [2.24, 2.45) is 21.9 Å². The van der Waals surface area contributed by atoms with Gasteiger partial charge in [0.1, 0.15) is 11.8 Å². The largest absolute Gasteiger partial charge is 0.385 e. The van der Waals surface area contributed by atoms with Gasteiger partial charge in [-0.05, 0) is 31.2 Å². The smallest absolute Gasteiger partial charge is 0.259 e. The number of amidine groups is 1. The zero-order chi connectivity index (χ0) is 15.9. The van der Waals surface area contributed by atoms with E-state index in [1.54, 1.807) is 31.2 Å². The van der Waals surface area contributed by atoms with Crippen molar-refractivity contribution in [2.75, 3.05) is 5.32 Å². The Labute approximate surface area is 130 Å². The molecule has 1 unspecified atom stereocenters. The second-order valence-electron chi connectivity index (χ2n) is 4.89. The molecule has 3 rings (SSSR count). The van der Waals surface area contributed by atoms with E-state index in [1.165, 1.54) is 0 Å². The van der Waals surface area contributed by atoms with Gasteiger partial charge in [-0.2, -0.15) is 5.10 Å². The van der Waals surface area contributed by atoms with Crippen molar-refractivity contribution < 1.29 is 9.59 Å². The molecule has 0 fully saturated rings. The molecule has 112 valence electrons. The van der Waals surface area contributed by atoms with Crippen LogP contribution in [0.2, 0.25) is 5.02 Å². The second kappa shape index (κ2) is 5.27. The maximum absolute atomic E-state index is 12.5. The number of benzene rings is 1. The standard InChI is InChI=1S/C14H12ClN5O2/c1-6-9(11-10(14(22)17-6)12(16)20-19-11)13(21)18-8-4-2-7(15)3-5-8/h2-5,10H,1H3,(H2,16,20)(H,17,22)(H,18,21). The van der Waals surface area contributed by atoms with Gasteiger partial charge in [-0.15, -0.1) is 5.10 Å². The number of nitrogens with zero attached hydrogens (tertiary/aromatic N) is 2. The van der Waals surface area contributed by atoms with Gasteiger partial charge in [-0.25, -0.2) is 0 Å². The van der Waals surface area contributed by atoms with Crippen molar-refractivity contribution in [3.8, 4) is 0 Å². The van der Waals surface area contributed by atoms with E-state index in [2.05, 4.69) is 20.8 Å². The van der Waals surface area contributed by atoms with Crippen molar-refractivity contribution >= 4 is 40.6 Å². The lowest BCUT2D eigenvalue weighted by atomic mass is 9.90. The van der Waals surface area contributed by atoms with E-state index in [0.717, 1.165) is 0 Å². The zero-order valence-electron chi connectivity index (χ0n) is 11.6. The molecule has 2 amide bonds. The summed E-state index contributed by atoms with van der Waals surface area (Å²) in [5.74, 6) is -1.46. The molecule has 1 aromatic rings. The molecule has 0 spiro atoms. The fourth-order valence-electron chi connectivity index (χ4n) is 2.34. The summed E-state index contributed by atoms with van der Waals surface area (Å²) in [4.78, 5) is 24.4. The topological polar surface area (TPSA) is 109 Å². The van der Waals surface area contributed by atoms with Crippen LogP contribution in [-0.2, 0) is 9.59 Å². The number of hydrogen-bond donors (Lipinski definition) is 3. The van der Waals surface area contributed by atoms with Crippen molar-refractivity contribution in [2.45, 2.75) is 6.92 Å². The van der Waals surface area contributed by atoms with Gasteiger partial charge in [0.15, 0.2) is 0 Å². The van der Waals surface area contributed by atoms with Crippen molar-refractivity contribution in [3.63, 3.8) is 0 Å². The molecule has 4 N–H and O–H groups in total. The van der Waals surface area contributed by atoms with Crippen LogP contribution in [0.5, 0.6) is 0 Å². The van der Waals surface area contributed by atoms with Crippen LogP contribution in [-0.4, -0.2) is 23.4 Å². The number of carbonyl (C=O) groups is 2. The maximum atomic E-state index is 12.5. The van der Waals surface area contributed by atoms with E-state index in [9.17, 15) is 9.59 Å². The third-order valence-electron chi connectivity index (χ3n) is 3.38. The molecular weight excluding hydrogens is 306 g/mol. The molecule has 1 atom stereocenters. The van der Waals surface area contributed by atoms with Gasteiger partial charge in [0.05, 0.1) is 11.3 Å². The lowest BCUT2D eigenvalue weighted by Crippen LogP contribution is -2.47. The van der Waals surface area contributed by atoms with Crippen LogP contribution in [0.1, 0.15) is 6.92 Å². The predicted molar refractivity (Wildman–Crippen MR) is 83.5 cm³/mol. The quantitative estimate of drug-likeness (QED) is 0.757. The fourth-order valence-corrected chi connectivity index (χ4v) is 2.47. The minimum absolute atomic E-state index is 0.0804. The predicted octanol–water partition coefficient (Wildman–Crippen LogP) is 1.03. The van der Waals surface area contributed by atoms with E-state index in [-0.39, 0.29) is 23.0 Å². The summed E-state index contributed by atoms with van der Waals surface area (Å²) in [7, 11) is 0. The molecule has 7 nitrogen and oxygen atoms in total. The normalized spacial score (nSPS) is 20.1. The molecule has 8 heteroatoms. The van der Waals surface area contributed by atoms with E-state index < -0.39 is 11.8 Å². The average Bonchev–Trinajstić information content (AvgIpc) is 2.83. The Kier molecular flexibility index (Phi) is 3.42. The first-order valence-corrected chi connectivity index (χ1v) is 6.85. The molecule has 0 saturated carbocycles. The van der Waals surface area contributed by atoms with Crippen LogP contribution in [0.4, 0.5) is 5.69 Å². The van der Waals surface area contributed by atoms with Crippen LogP contribution in [0, 0.1) is 5.92 Å². The van der Waals surface area contributed by atoms with Crippen molar-refractivity contribution in [1.82, 2.24) is 5.32 Å². The van der Waals surface area contributed by atoms with E-state index in [1.807, 2.05) is 0 Å². The highest BCUT2D eigenvalue weighted by Gasteiger charge is 2.41. The number of nitrogens with one attached hydrogen (secondary N) is 2. The van der Waals surface area contributed by atoms with E-state index in [4.69, 9.17) is 17.3 Å². The van der Waals surface area contributed by atoms with Gasteiger partial charge in [0, 0.05) is 16.4 Å². The maximum Gasteiger partial charge on any atom is 0.259 e. The number of halogens is 1. The third kappa shape index (κ3) is 2.35. The van der Waals surface area contributed by atoms with Gasteiger partial charge in [-0.3, -0.25) is 9.59 Å². The minimum atomic E-state index is -0.810. The number of hydrogen-bond acceptors (Lipinski definition) is 5. The average molecular weight is 318 g/mol. The lowest BCUT2D eigenvalue weighted by molar-refractivity contribution is -0.120. The second-order valence-corrected chi connectivity index (χ2v) is 5.33. The molecule has 0 bridgehead atoms. The number of anilines is 1. The monoisotopic (exact) mass is 317 g/mol. The summed E-state index contributed by atoms with van der Waals surface area (Å²) in [5, 5.41) is 13.5. The number of amides is 2. The molecule has 22 heavy (non-hydrogen) atoms. The first-order chi connectivity index (χ1) is 10.5. The van der Waals surface area contributed by atoms with Crippen molar-refractivity contribution in [1.29, 1.82) is 0 Å². The molecule has 2 aliphatic heterocycles. The van der Waals surface area contributed by atoms with E-state index in [0.29, 0.717) is 16.4 Å². The number of fused-ring (bicyclic) bond motifs is 1. The summed E-state index contributed by atoms with van der Waals surface area (Å²) in [6.45, 7) is 1.63. The number of rotatable bonds is 2. The van der Waals surface area contributed by atoms with Crippen LogP contribution in [0.15, 0.2) is 45.7 Å². The Morgan fingerprint density at radius 2 is 2.00 bits per heavy atom. The van der Waals surface area contributed by atoms with Crippen LogP contribution < -0.4 is 16.4 Å². The molecule has 0 radical (unpaired) electrons. The van der Waals surface area contributed by atoms with Gasteiger partial charge in [-0.1, -0.05) is 11.6 Å². The summed E-state index contributed by atoms with van der Waals surface area (Å²) >= 11 is 5.81. The summed E-state index contributed by atoms with van der Waals surface area (Å²) in [6.07, 6.45) is 0. The highest BCUT2D eigenvalue weighted by molar-refractivity contribution is 6.38. The van der Waals surface area contributed by atoms with Crippen LogP contribution >= 0.6 is 11.6 Å². The fraction of sp³-hybridized carbons (Fsp3) is 0.143. The Balaban J connectivity index is 1.90. The Morgan fingerprint density at radius 1 is 1.32 bits per heavy atom. The number of allylic oxidation sites excluding steroid dienone is 1. The first-order valence-electron chi connectivity index (χ1n) is 6.47. The molecule has 0 saturated heterocycles. The lowest BCUT2D eigenvalue weighted by Gasteiger charge is -2.23. The Hall–Kier alpha value is -2.67. The highest BCUT2D eigenvalue weighted by Crippen LogP contribution is 2.24. The van der Waals surface area contributed by atoms with E-state index >= 15 is 0 Å². The summed E-state index contributed by atoms with van der Waals surface area (Å²) < 4.78 is 0. The first kappa shape index (κ1) is 14.3. The van der Waals surface area contributed by atoms with Crippen LogP contribution in [0.25, 0.3) is 0 Å². The summed E-state index contributed by atoms with van der Waals surface area (Å²) in [5.41, 5.74) is 7.19. The van der Waals surface area contributed by atoms with Gasteiger partial charge in [0.25, 0.3) is 5.91 Å². The minimum Gasteiger partial charge on any atom is -0.385 e. The molecule has 2 aliphatic rings. The highest BCUT2D eigenvalue weighted by atomic mass is 35.5. The molecule has 1 aromatic carbocycles. The van der Waals surface area contributed by atoms with Crippen molar-refractivity contribution in [3.05, 3.63) is 40.6 Å². The zero-order valence-corrected chi connectivity index (χ0v) is 12.3. The van der Waals surface area contributed by atoms with Gasteiger partial charge < -0.3 is 16.4 Å². The molecule has 0 aromatic heterocycles. The summed E-state index contributed by atoms with van der Waals surface area (Å²) in [6, 6.07) is 6.68. The number of nitrogens with two attached hydrogens (primary N) is 1. The Morgan fingerprint density at radius 3 is 2.68 bits per heavy atom. The third-order valence-corrected chi connectivity index (χ3v) is 3.63. The van der Waals surface area contributed by atoms with Gasteiger partial charge >= 0.3 is 0 Å². The van der Waals surface area contributed by atoms with Gasteiger partial charge in [0.2, 0.25) is 5.91 Å². The molecular formula is C14H12ClN5O2.